The van der Waals surface area contributed by atoms with Crippen LogP contribution in [0.1, 0.15) is 34.1 Å². The molecule has 14 heavy (non-hydrogen) atoms. The second-order valence-electron chi connectivity index (χ2n) is 4.60. The molecule has 0 aliphatic carbocycles. The molecule has 2 atom stereocenters. The quantitative estimate of drug-likeness (QED) is 0.700. The standard InChI is InChI=1S/C10H23NO2S/c1-5-6-14(13)8-9(12)7-11-10(2,3)4/h9,11-12H,5-8H2,1-4H3. The van der Waals surface area contributed by atoms with E-state index in [9.17, 15) is 9.32 Å². The van der Waals surface area contributed by atoms with Crippen molar-refractivity contribution in [3.63, 3.8) is 0 Å². The summed E-state index contributed by atoms with van der Waals surface area (Å²) in [6, 6.07) is 0. The van der Waals surface area contributed by atoms with Crippen LogP contribution < -0.4 is 5.32 Å². The highest BCUT2D eigenvalue weighted by atomic mass is 32.2. The van der Waals surface area contributed by atoms with Crippen molar-refractivity contribution in [1.82, 2.24) is 5.32 Å². The lowest BCUT2D eigenvalue weighted by Crippen LogP contribution is -2.42. The molecule has 0 amide bonds. The maximum atomic E-state index is 11.3. The largest absolute Gasteiger partial charge is 0.391 e. The van der Waals surface area contributed by atoms with E-state index in [1.165, 1.54) is 0 Å². The molecule has 0 bridgehead atoms. The van der Waals surface area contributed by atoms with Crippen molar-refractivity contribution in [2.24, 2.45) is 0 Å². The fourth-order valence-electron chi connectivity index (χ4n) is 1.01. The first-order valence-corrected chi connectivity index (χ1v) is 6.62. The first-order chi connectivity index (χ1) is 6.35. The minimum Gasteiger partial charge on any atom is -0.391 e. The highest BCUT2D eigenvalue weighted by Gasteiger charge is 2.13. The van der Waals surface area contributed by atoms with Crippen molar-refractivity contribution < 1.29 is 9.32 Å². The van der Waals surface area contributed by atoms with Crippen LogP contribution in [0.3, 0.4) is 0 Å². The normalized spacial score (nSPS) is 16.6. The number of aliphatic hydroxyl groups excluding tert-OH is 1. The molecule has 0 rings (SSSR count). The van der Waals surface area contributed by atoms with E-state index in [0.29, 0.717) is 18.1 Å². The number of hydrogen-bond donors (Lipinski definition) is 2. The lowest BCUT2D eigenvalue weighted by Gasteiger charge is -2.22. The number of aliphatic hydroxyl groups is 1. The van der Waals surface area contributed by atoms with E-state index in [1.54, 1.807) is 0 Å². The Hall–Kier alpha value is 0.0700. The molecule has 0 saturated heterocycles. The van der Waals surface area contributed by atoms with Gasteiger partial charge in [-0.3, -0.25) is 4.21 Å². The molecule has 2 unspecified atom stereocenters. The van der Waals surface area contributed by atoms with Gasteiger partial charge in [-0.1, -0.05) is 6.92 Å². The van der Waals surface area contributed by atoms with Gasteiger partial charge in [-0.2, -0.15) is 0 Å². The Morgan fingerprint density at radius 3 is 2.43 bits per heavy atom. The maximum Gasteiger partial charge on any atom is 0.0779 e. The Morgan fingerprint density at radius 1 is 1.43 bits per heavy atom. The zero-order chi connectivity index (χ0) is 11.2. The Kier molecular flexibility index (Phi) is 6.57. The molecule has 3 nitrogen and oxygen atoms in total. The Balaban J connectivity index is 3.65. The molecular weight excluding hydrogens is 198 g/mol. The zero-order valence-corrected chi connectivity index (χ0v) is 10.5. The van der Waals surface area contributed by atoms with Gasteiger partial charge in [-0.05, 0) is 27.2 Å². The molecular formula is C10H23NO2S. The van der Waals surface area contributed by atoms with Crippen molar-refractivity contribution in [1.29, 1.82) is 0 Å². The van der Waals surface area contributed by atoms with Crippen molar-refractivity contribution in [3.05, 3.63) is 0 Å². The molecule has 0 fully saturated rings. The van der Waals surface area contributed by atoms with Crippen molar-refractivity contribution in [2.45, 2.75) is 45.8 Å². The summed E-state index contributed by atoms with van der Waals surface area (Å²) in [5, 5.41) is 12.7. The van der Waals surface area contributed by atoms with Crippen LogP contribution >= 0.6 is 0 Å². The van der Waals surface area contributed by atoms with Gasteiger partial charge in [0.05, 0.1) is 11.9 Å². The fraction of sp³-hybridized carbons (Fsp3) is 1.00. The van der Waals surface area contributed by atoms with E-state index in [4.69, 9.17) is 0 Å². The fourth-order valence-corrected chi connectivity index (χ4v) is 2.18. The van der Waals surface area contributed by atoms with Gasteiger partial charge in [-0.25, -0.2) is 0 Å². The third-order valence-electron chi connectivity index (χ3n) is 1.68. The molecule has 0 heterocycles. The summed E-state index contributed by atoms with van der Waals surface area (Å²) >= 11 is 0. The van der Waals surface area contributed by atoms with Crippen LogP contribution in [0.4, 0.5) is 0 Å². The Bertz CT molecular complexity index is 177. The van der Waals surface area contributed by atoms with Crippen LogP contribution in [0.2, 0.25) is 0 Å². The number of hydrogen-bond acceptors (Lipinski definition) is 3. The number of β-amino-alcohol motifs (C(OH)–C–C–N with tert-alkyl or cyclic N) is 1. The SMILES string of the molecule is CCCS(=O)CC(O)CNC(C)(C)C. The van der Waals surface area contributed by atoms with Gasteiger partial charge in [0.25, 0.3) is 0 Å². The van der Waals surface area contributed by atoms with E-state index in [-0.39, 0.29) is 5.54 Å². The molecule has 2 N–H and O–H groups in total. The molecule has 4 heteroatoms. The van der Waals surface area contributed by atoms with Crippen LogP contribution in [-0.4, -0.2) is 39.0 Å². The van der Waals surface area contributed by atoms with Crippen LogP contribution in [0.5, 0.6) is 0 Å². The van der Waals surface area contributed by atoms with E-state index in [2.05, 4.69) is 5.32 Å². The molecule has 86 valence electrons. The molecule has 0 aliphatic rings. The molecule has 0 aromatic rings. The van der Waals surface area contributed by atoms with Gasteiger partial charge in [0.1, 0.15) is 0 Å². The van der Waals surface area contributed by atoms with Gasteiger partial charge in [0.2, 0.25) is 0 Å². The number of nitrogens with one attached hydrogen (secondary N) is 1. The van der Waals surface area contributed by atoms with E-state index < -0.39 is 16.9 Å². The van der Waals surface area contributed by atoms with Crippen LogP contribution in [0.25, 0.3) is 0 Å². The second kappa shape index (κ2) is 6.53. The van der Waals surface area contributed by atoms with E-state index in [0.717, 1.165) is 6.42 Å². The smallest absolute Gasteiger partial charge is 0.0779 e. The van der Waals surface area contributed by atoms with Crippen LogP contribution in [0, 0.1) is 0 Å². The first kappa shape index (κ1) is 14.1. The maximum absolute atomic E-state index is 11.3. The predicted octanol–water partition coefficient (Wildman–Crippen LogP) is 0.894. The van der Waals surface area contributed by atoms with Gasteiger partial charge in [0.15, 0.2) is 0 Å². The summed E-state index contributed by atoms with van der Waals surface area (Å²) in [4.78, 5) is 0. The molecule has 0 aromatic heterocycles. The Labute approximate surface area is 89.7 Å². The molecule has 0 radical (unpaired) electrons. The monoisotopic (exact) mass is 221 g/mol. The summed E-state index contributed by atoms with van der Waals surface area (Å²) in [5.74, 6) is 1.07. The average Bonchev–Trinajstić information content (AvgIpc) is 2.00. The van der Waals surface area contributed by atoms with Crippen molar-refractivity contribution in [2.75, 3.05) is 18.1 Å². The van der Waals surface area contributed by atoms with E-state index >= 15 is 0 Å². The summed E-state index contributed by atoms with van der Waals surface area (Å²) in [5.41, 5.74) is 0.00717. The summed E-state index contributed by atoms with van der Waals surface area (Å²) in [6.45, 7) is 8.64. The van der Waals surface area contributed by atoms with Gasteiger partial charge in [-0.15, -0.1) is 0 Å². The minimum atomic E-state index is -0.868. The lowest BCUT2D eigenvalue weighted by atomic mass is 10.1. The number of rotatable bonds is 6. The highest BCUT2D eigenvalue weighted by molar-refractivity contribution is 7.85. The van der Waals surface area contributed by atoms with Gasteiger partial charge >= 0.3 is 0 Å². The topological polar surface area (TPSA) is 49.3 Å². The summed E-state index contributed by atoms with van der Waals surface area (Å²) in [6.07, 6.45) is 0.410. The third kappa shape index (κ3) is 8.66. The van der Waals surface area contributed by atoms with E-state index in [1.807, 2.05) is 27.7 Å². The molecule has 0 aliphatic heterocycles. The first-order valence-electron chi connectivity index (χ1n) is 5.13. The third-order valence-corrected chi connectivity index (χ3v) is 3.30. The highest BCUT2D eigenvalue weighted by Crippen LogP contribution is 1.99. The molecule has 0 saturated carbocycles. The average molecular weight is 221 g/mol. The lowest BCUT2D eigenvalue weighted by molar-refractivity contribution is 0.182. The minimum absolute atomic E-state index is 0.00717. The molecule has 0 spiro atoms. The summed E-state index contributed by atoms with van der Waals surface area (Å²) < 4.78 is 11.3. The van der Waals surface area contributed by atoms with Crippen LogP contribution in [-0.2, 0) is 10.8 Å². The van der Waals surface area contributed by atoms with Crippen molar-refractivity contribution >= 4 is 10.8 Å². The zero-order valence-electron chi connectivity index (χ0n) is 9.67. The van der Waals surface area contributed by atoms with Gasteiger partial charge in [0, 0.05) is 28.6 Å². The Morgan fingerprint density at radius 2 is 2.00 bits per heavy atom. The predicted molar refractivity (Wildman–Crippen MR) is 61.9 cm³/mol. The van der Waals surface area contributed by atoms with Gasteiger partial charge < -0.3 is 10.4 Å². The second-order valence-corrected chi connectivity index (χ2v) is 6.22. The summed E-state index contributed by atoms with van der Waals surface area (Å²) in [7, 11) is -0.868. The molecule has 0 aromatic carbocycles. The van der Waals surface area contributed by atoms with Crippen molar-refractivity contribution in [3.8, 4) is 0 Å². The van der Waals surface area contributed by atoms with Crippen LogP contribution in [0.15, 0.2) is 0 Å².